The average molecular weight is 230 g/mol. The summed E-state index contributed by atoms with van der Waals surface area (Å²) in [5.74, 6) is -2.13. The van der Waals surface area contributed by atoms with Gasteiger partial charge in [-0.2, -0.15) is 13.2 Å². The summed E-state index contributed by atoms with van der Waals surface area (Å²) in [4.78, 5) is 17.1. The fourth-order valence-corrected chi connectivity index (χ4v) is 1.37. The normalized spacial score (nSPS) is 17.2. The molecule has 1 N–H and O–H groups in total. The van der Waals surface area contributed by atoms with Crippen molar-refractivity contribution in [1.29, 1.82) is 0 Å². The van der Waals surface area contributed by atoms with Gasteiger partial charge in [-0.25, -0.2) is 14.8 Å². The van der Waals surface area contributed by atoms with E-state index < -0.39 is 17.8 Å². The minimum Gasteiger partial charge on any atom is -0.478 e. The highest BCUT2D eigenvalue weighted by Crippen LogP contribution is 2.35. The van der Waals surface area contributed by atoms with E-state index in [9.17, 15) is 18.0 Å². The van der Waals surface area contributed by atoms with Crippen LogP contribution < -0.4 is 10.7 Å². The molecule has 0 spiro atoms. The SMILES string of the molecule is O=C(O)C1(C(F)(F)F)N=c2ccccc2=N1. The molecule has 0 radical (unpaired) electrons. The van der Waals surface area contributed by atoms with Gasteiger partial charge in [0, 0.05) is 0 Å². The lowest BCUT2D eigenvalue weighted by molar-refractivity contribution is -0.199. The van der Waals surface area contributed by atoms with Gasteiger partial charge in [0.05, 0.1) is 10.7 Å². The molecule has 0 saturated carbocycles. The van der Waals surface area contributed by atoms with Crippen LogP contribution in [0.1, 0.15) is 0 Å². The van der Waals surface area contributed by atoms with Crippen LogP contribution in [0.25, 0.3) is 0 Å². The Kier molecular flexibility index (Phi) is 2.01. The monoisotopic (exact) mass is 230 g/mol. The van der Waals surface area contributed by atoms with Crippen LogP contribution >= 0.6 is 0 Å². The Labute approximate surface area is 86.8 Å². The van der Waals surface area contributed by atoms with Crippen LogP contribution in [0.2, 0.25) is 0 Å². The number of fused-ring (bicyclic) bond motifs is 1. The Morgan fingerprint density at radius 3 is 1.94 bits per heavy atom. The third kappa shape index (κ3) is 1.28. The zero-order valence-corrected chi connectivity index (χ0v) is 7.69. The molecule has 1 aliphatic heterocycles. The highest BCUT2D eigenvalue weighted by molar-refractivity contribution is 5.80. The van der Waals surface area contributed by atoms with Crippen molar-refractivity contribution in [3.63, 3.8) is 0 Å². The first-order chi connectivity index (χ1) is 7.37. The minimum absolute atomic E-state index is 0.0674. The summed E-state index contributed by atoms with van der Waals surface area (Å²) in [7, 11) is 0. The van der Waals surface area contributed by atoms with E-state index in [1.165, 1.54) is 24.3 Å². The van der Waals surface area contributed by atoms with Crippen molar-refractivity contribution in [2.24, 2.45) is 9.98 Å². The average Bonchev–Trinajstić information content (AvgIpc) is 2.56. The quantitative estimate of drug-likeness (QED) is 0.753. The molecule has 4 nitrogen and oxygen atoms in total. The van der Waals surface area contributed by atoms with Gasteiger partial charge in [0.1, 0.15) is 0 Å². The number of carbonyl (C=O) groups is 1. The van der Waals surface area contributed by atoms with E-state index in [1.54, 1.807) is 0 Å². The molecule has 0 bridgehead atoms. The number of nitrogens with zero attached hydrogens (tertiary/aromatic N) is 2. The molecule has 0 atom stereocenters. The molecule has 0 aliphatic carbocycles. The summed E-state index contributed by atoms with van der Waals surface area (Å²) in [5, 5.41) is 8.53. The third-order valence-electron chi connectivity index (χ3n) is 2.14. The Balaban J connectivity index is 2.75. The fraction of sp³-hybridized carbons (Fsp3) is 0.222. The van der Waals surface area contributed by atoms with Gasteiger partial charge in [-0.3, -0.25) is 0 Å². The summed E-state index contributed by atoms with van der Waals surface area (Å²) in [5.41, 5.74) is -3.39. The number of para-hydroxylation sites is 2. The molecule has 84 valence electrons. The molecular formula is C9H5F3N2O2. The maximum atomic E-state index is 12.7. The van der Waals surface area contributed by atoms with E-state index in [2.05, 4.69) is 9.98 Å². The number of carboxylic acid groups (broad SMARTS) is 1. The summed E-state index contributed by atoms with van der Waals surface area (Å²) in [6.45, 7) is 0. The molecule has 0 aromatic heterocycles. The Bertz CT molecular complexity index is 530. The first-order valence-corrected chi connectivity index (χ1v) is 4.22. The first-order valence-electron chi connectivity index (χ1n) is 4.22. The van der Waals surface area contributed by atoms with Crippen molar-refractivity contribution < 1.29 is 23.1 Å². The van der Waals surface area contributed by atoms with Crippen molar-refractivity contribution in [3.05, 3.63) is 35.0 Å². The predicted octanol–water partition coefficient (Wildman–Crippen LogP) is 0.283. The van der Waals surface area contributed by atoms with Crippen molar-refractivity contribution >= 4 is 5.97 Å². The molecule has 7 heteroatoms. The minimum atomic E-state index is -5.06. The van der Waals surface area contributed by atoms with Crippen LogP contribution in [-0.2, 0) is 4.79 Å². The van der Waals surface area contributed by atoms with E-state index >= 15 is 0 Å². The Morgan fingerprint density at radius 2 is 1.62 bits per heavy atom. The molecule has 1 aromatic carbocycles. The highest BCUT2D eigenvalue weighted by Gasteiger charge is 2.63. The second-order valence-corrected chi connectivity index (χ2v) is 3.19. The van der Waals surface area contributed by atoms with Crippen LogP contribution in [-0.4, -0.2) is 22.9 Å². The second kappa shape index (κ2) is 3.03. The molecule has 0 amide bonds. The standard InChI is InChI=1S/C9H5F3N2O2/c10-9(11,12)8(7(15)16)13-5-3-1-2-4-6(5)14-8/h1-4H,(H,15,16). The number of halogens is 3. The molecular weight excluding hydrogens is 225 g/mol. The number of rotatable bonds is 1. The molecule has 0 unspecified atom stereocenters. The largest absolute Gasteiger partial charge is 0.478 e. The van der Waals surface area contributed by atoms with E-state index in [0.717, 1.165) is 0 Å². The number of hydrogen-bond acceptors (Lipinski definition) is 3. The Morgan fingerprint density at radius 1 is 1.19 bits per heavy atom. The van der Waals surface area contributed by atoms with Gasteiger partial charge in [-0.05, 0) is 12.1 Å². The topological polar surface area (TPSA) is 62.0 Å². The Hall–Kier alpha value is -1.92. The van der Waals surface area contributed by atoms with Gasteiger partial charge < -0.3 is 5.11 Å². The van der Waals surface area contributed by atoms with Gasteiger partial charge >= 0.3 is 17.8 Å². The third-order valence-corrected chi connectivity index (χ3v) is 2.14. The van der Waals surface area contributed by atoms with E-state index in [-0.39, 0.29) is 10.7 Å². The van der Waals surface area contributed by atoms with Crippen molar-refractivity contribution in [3.8, 4) is 0 Å². The smallest absolute Gasteiger partial charge is 0.445 e. The van der Waals surface area contributed by atoms with Crippen LogP contribution in [0.5, 0.6) is 0 Å². The zero-order chi connectivity index (χ0) is 12.0. The number of benzene rings is 1. The van der Waals surface area contributed by atoms with Gasteiger partial charge in [0.2, 0.25) is 0 Å². The van der Waals surface area contributed by atoms with E-state index in [0.29, 0.717) is 0 Å². The molecule has 1 aliphatic rings. The predicted molar refractivity (Wildman–Crippen MR) is 45.2 cm³/mol. The first kappa shape index (κ1) is 10.6. The molecule has 16 heavy (non-hydrogen) atoms. The molecule has 2 rings (SSSR count). The van der Waals surface area contributed by atoms with Crippen LogP contribution in [0.4, 0.5) is 13.2 Å². The second-order valence-electron chi connectivity index (χ2n) is 3.19. The van der Waals surface area contributed by atoms with Crippen molar-refractivity contribution in [2.75, 3.05) is 0 Å². The lowest BCUT2D eigenvalue weighted by Gasteiger charge is -2.20. The van der Waals surface area contributed by atoms with Crippen LogP contribution in [0.3, 0.4) is 0 Å². The van der Waals surface area contributed by atoms with Gasteiger partial charge in [-0.1, -0.05) is 12.1 Å². The summed E-state index contributed by atoms with van der Waals surface area (Å²) in [6, 6.07) is 5.50. The van der Waals surface area contributed by atoms with Crippen molar-refractivity contribution in [1.82, 2.24) is 0 Å². The highest BCUT2D eigenvalue weighted by atomic mass is 19.4. The summed E-state index contributed by atoms with van der Waals surface area (Å²) >= 11 is 0. The lowest BCUT2D eigenvalue weighted by atomic mass is 10.2. The number of hydrogen-bond donors (Lipinski definition) is 1. The number of alkyl halides is 3. The van der Waals surface area contributed by atoms with Gasteiger partial charge in [0.15, 0.2) is 0 Å². The molecule has 0 saturated heterocycles. The van der Waals surface area contributed by atoms with E-state index in [4.69, 9.17) is 5.11 Å². The van der Waals surface area contributed by atoms with Gasteiger partial charge in [0.25, 0.3) is 0 Å². The molecule has 1 aromatic rings. The van der Waals surface area contributed by atoms with Crippen molar-refractivity contribution in [2.45, 2.75) is 11.8 Å². The number of aliphatic carboxylic acids is 1. The van der Waals surface area contributed by atoms with Crippen LogP contribution in [0.15, 0.2) is 34.3 Å². The summed E-state index contributed by atoms with van der Waals surface area (Å²) < 4.78 is 38.0. The molecule has 0 fully saturated rings. The fourth-order valence-electron chi connectivity index (χ4n) is 1.37. The van der Waals surface area contributed by atoms with E-state index in [1.807, 2.05) is 0 Å². The maximum absolute atomic E-state index is 12.7. The zero-order valence-electron chi connectivity index (χ0n) is 7.69. The van der Waals surface area contributed by atoms with Crippen LogP contribution in [0, 0.1) is 0 Å². The summed E-state index contributed by atoms with van der Waals surface area (Å²) in [6.07, 6.45) is -5.06. The lowest BCUT2D eigenvalue weighted by Crippen LogP contribution is -2.48. The molecule has 1 heterocycles. The van der Waals surface area contributed by atoms with Gasteiger partial charge in [-0.15, -0.1) is 0 Å². The number of carboxylic acids is 1. The maximum Gasteiger partial charge on any atom is 0.445 e.